The van der Waals surface area contributed by atoms with Gasteiger partial charge in [-0.2, -0.15) is 0 Å². The van der Waals surface area contributed by atoms with Gasteiger partial charge in [0.25, 0.3) is 0 Å². The monoisotopic (exact) mass is 592 g/mol. The molecule has 45 heavy (non-hydrogen) atoms. The first-order valence-corrected chi connectivity index (χ1v) is 15.9. The molecule has 0 aliphatic rings. The molecule has 10 rings (SSSR count). The number of rotatable bonds is 3. The van der Waals surface area contributed by atoms with Crippen LogP contribution in [0.25, 0.3) is 92.1 Å². The predicted molar refractivity (Wildman–Crippen MR) is 190 cm³/mol. The zero-order valence-corrected chi connectivity index (χ0v) is 24.9. The Morgan fingerprint density at radius 2 is 1.27 bits per heavy atom. The number of furan rings is 1. The summed E-state index contributed by atoms with van der Waals surface area (Å²) in [4.78, 5) is 5.13. The fourth-order valence-corrected chi connectivity index (χ4v) is 7.91. The van der Waals surface area contributed by atoms with E-state index in [1.165, 1.54) is 48.4 Å². The zero-order chi connectivity index (χ0) is 29.5. The number of nitrogens with zero attached hydrogens (tertiary/aromatic N) is 2. The van der Waals surface area contributed by atoms with Crippen LogP contribution in [0.4, 0.5) is 0 Å². The molecule has 0 atom stereocenters. The summed E-state index contributed by atoms with van der Waals surface area (Å²) in [6.07, 6.45) is 0. The molecular formula is C41H24N2OS. The van der Waals surface area contributed by atoms with Crippen molar-refractivity contribution in [3.63, 3.8) is 0 Å². The van der Waals surface area contributed by atoms with Gasteiger partial charge in [0.1, 0.15) is 16.2 Å². The van der Waals surface area contributed by atoms with Crippen molar-refractivity contribution in [1.29, 1.82) is 0 Å². The van der Waals surface area contributed by atoms with E-state index in [0.29, 0.717) is 0 Å². The van der Waals surface area contributed by atoms with Gasteiger partial charge in [-0.1, -0.05) is 109 Å². The molecule has 3 nitrogen and oxygen atoms in total. The van der Waals surface area contributed by atoms with Gasteiger partial charge < -0.3 is 8.98 Å². The van der Waals surface area contributed by atoms with Gasteiger partial charge in [0.05, 0.1) is 26.6 Å². The maximum atomic E-state index is 6.11. The van der Waals surface area contributed by atoms with E-state index in [1.807, 2.05) is 12.1 Å². The first-order valence-electron chi connectivity index (χ1n) is 15.1. The molecule has 0 N–H and O–H groups in total. The Balaban J connectivity index is 1.11. The second-order valence-electron chi connectivity index (χ2n) is 11.6. The van der Waals surface area contributed by atoms with Crippen molar-refractivity contribution in [2.45, 2.75) is 0 Å². The van der Waals surface area contributed by atoms with Crippen molar-refractivity contribution in [2.75, 3.05) is 0 Å². The quantitative estimate of drug-likeness (QED) is 0.204. The summed E-state index contributed by atoms with van der Waals surface area (Å²) < 4.78 is 9.70. The first kappa shape index (κ1) is 24.7. The molecule has 3 heterocycles. The lowest BCUT2D eigenvalue weighted by Crippen LogP contribution is -1.94. The number of benzene rings is 7. The SMILES string of the molecule is c1ccc(-n2c3cc(-c4ccc(-c5nc6c(ccc7oc8ccccc8c76)s5)cc4)ccc3c3ccc4ccccc4c32)cc1. The Bertz CT molecular complexity index is 2750. The molecule has 0 radical (unpaired) electrons. The molecule has 0 saturated heterocycles. The summed E-state index contributed by atoms with van der Waals surface area (Å²) in [5.41, 5.74) is 9.89. The molecule has 0 aliphatic carbocycles. The van der Waals surface area contributed by atoms with Crippen molar-refractivity contribution in [2.24, 2.45) is 0 Å². The second-order valence-corrected chi connectivity index (χ2v) is 12.6. The van der Waals surface area contributed by atoms with Crippen LogP contribution >= 0.6 is 11.3 Å². The molecule has 0 saturated carbocycles. The smallest absolute Gasteiger partial charge is 0.137 e. The molecule has 0 fully saturated rings. The standard InChI is InChI=1S/C41H24N2OS/c1-2-9-29(10-3-1)43-34-24-28(19-20-31(34)32-21-18-26-8-4-5-11-30(26)40(32)43)25-14-16-27(17-15-25)41-42-39-37(45-41)23-22-36-38(39)33-12-6-7-13-35(33)44-36/h1-24H. The second kappa shape index (κ2) is 9.39. The lowest BCUT2D eigenvalue weighted by Gasteiger charge is -2.10. The average Bonchev–Trinajstić information content (AvgIpc) is 3.80. The Hall–Kier alpha value is -5.71. The number of aromatic nitrogens is 2. The lowest BCUT2D eigenvalue weighted by atomic mass is 10.0. The van der Waals surface area contributed by atoms with Crippen LogP contribution in [-0.2, 0) is 0 Å². The summed E-state index contributed by atoms with van der Waals surface area (Å²) in [5, 5.41) is 8.26. The molecular weight excluding hydrogens is 569 g/mol. The number of hydrogen-bond donors (Lipinski definition) is 0. The van der Waals surface area contributed by atoms with E-state index in [1.54, 1.807) is 11.3 Å². The van der Waals surface area contributed by atoms with Crippen LogP contribution in [0.15, 0.2) is 150 Å². The fourth-order valence-electron chi connectivity index (χ4n) is 6.93. The van der Waals surface area contributed by atoms with E-state index in [9.17, 15) is 0 Å². The summed E-state index contributed by atoms with van der Waals surface area (Å²) in [6, 6.07) is 52.0. The maximum Gasteiger partial charge on any atom is 0.137 e. The Morgan fingerprint density at radius 1 is 0.533 bits per heavy atom. The van der Waals surface area contributed by atoms with Crippen molar-refractivity contribution in [3.05, 3.63) is 146 Å². The summed E-state index contributed by atoms with van der Waals surface area (Å²) >= 11 is 1.73. The van der Waals surface area contributed by atoms with E-state index in [2.05, 4.69) is 138 Å². The van der Waals surface area contributed by atoms with E-state index in [0.717, 1.165) is 43.7 Å². The van der Waals surface area contributed by atoms with Crippen LogP contribution in [-0.4, -0.2) is 9.55 Å². The molecule has 210 valence electrons. The Labute approximate surface area is 262 Å². The van der Waals surface area contributed by atoms with Gasteiger partial charge in [-0.15, -0.1) is 11.3 Å². The van der Waals surface area contributed by atoms with Gasteiger partial charge in [0.15, 0.2) is 0 Å². The van der Waals surface area contributed by atoms with Gasteiger partial charge in [0, 0.05) is 32.8 Å². The molecule has 7 aromatic carbocycles. The van der Waals surface area contributed by atoms with Crippen molar-refractivity contribution >= 4 is 76.1 Å². The highest BCUT2D eigenvalue weighted by molar-refractivity contribution is 7.21. The predicted octanol–water partition coefficient (Wildman–Crippen LogP) is 11.8. The van der Waals surface area contributed by atoms with Crippen LogP contribution in [0.3, 0.4) is 0 Å². The minimum absolute atomic E-state index is 0.882. The largest absolute Gasteiger partial charge is 0.456 e. The maximum absolute atomic E-state index is 6.11. The Kier molecular flexibility index (Phi) is 5.16. The van der Waals surface area contributed by atoms with E-state index in [-0.39, 0.29) is 0 Å². The minimum Gasteiger partial charge on any atom is -0.456 e. The van der Waals surface area contributed by atoms with E-state index < -0.39 is 0 Å². The number of para-hydroxylation sites is 2. The highest BCUT2D eigenvalue weighted by Gasteiger charge is 2.17. The average molecular weight is 593 g/mol. The number of fused-ring (bicyclic) bond motifs is 10. The van der Waals surface area contributed by atoms with Gasteiger partial charge in [-0.05, 0) is 52.9 Å². The highest BCUT2D eigenvalue weighted by atomic mass is 32.1. The molecule has 10 aromatic rings. The van der Waals surface area contributed by atoms with Gasteiger partial charge >= 0.3 is 0 Å². The van der Waals surface area contributed by atoms with Crippen LogP contribution in [0, 0.1) is 0 Å². The summed E-state index contributed by atoms with van der Waals surface area (Å²) in [6.45, 7) is 0. The number of thiazole rings is 1. The topological polar surface area (TPSA) is 31.0 Å². The highest BCUT2D eigenvalue weighted by Crippen LogP contribution is 2.41. The molecule has 4 heteroatoms. The van der Waals surface area contributed by atoms with E-state index >= 15 is 0 Å². The van der Waals surface area contributed by atoms with Crippen LogP contribution < -0.4 is 0 Å². The third-order valence-electron chi connectivity index (χ3n) is 9.03. The fraction of sp³-hybridized carbons (Fsp3) is 0. The van der Waals surface area contributed by atoms with E-state index in [4.69, 9.17) is 9.40 Å². The number of hydrogen-bond acceptors (Lipinski definition) is 3. The third kappa shape index (κ3) is 3.67. The first-order chi connectivity index (χ1) is 22.3. The lowest BCUT2D eigenvalue weighted by molar-refractivity contribution is 0.669. The Morgan fingerprint density at radius 3 is 2.16 bits per heavy atom. The van der Waals surface area contributed by atoms with Crippen LogP contribution in [0.2, 0.25) is 0 Å². The van der Waals surface area contributed by atoms with Crippen molar-refractivity contribution in [1.82, 2.24) is 9.55 Å². The van der Waals surface area contributed by atoms with Gasteiger partial charge in [-0.25, -0.2) is 4.98 Å². The third-order valence-corrected chi connectivity index (χ3v) is 10.1. The van der Waals surface area contributed by atoms with Crippen LogP contribution in [0.5, 0.6) is 0 Å². The van der Waals surface area contributed by atoms with Gasteiger partial charge in [-0.3, -0.25) is 0 Å². The molecule has 0 bridgehead atoms. The molecule has 0 amide bonds. The summed E-state index contributed by atoms with van der Waals surface area (Å²) in [5.74, 6) is 0. The molecule has 0 spiro atoms. The zero-order valence-electron chi connectivity index (χ0n) is 24.1. The van der Waals surface area contributed by atoms with Gasteiger partial charge in [0.2, 0.25) is 0 Å². The summed E-state index contributed by atoms with van der Waals surface area (Å²) in [7, 11) is 0. The molecule has 0 unspecified atom stereocenters. The minimum atomic E-state index is 0.882. The van der Waals surface area contributed by atoms with Crippen molar-refractivity contribution in [3.8, 4) is 27.4 Å². The van der Waals surface area contributed by atoms with Crippen LogP contribution in [0.1, 0.15) is 0 Å². The molecule has 3 aromatic heterocycles. The van der Waals surface area contributed by atoms with Crippen molar-refractivity contribution < 1.29 is 4.42 Å². The molecule has 0 aliphatic heterocycles. The normalized spacial score (nSPS) is 12.0.